The van der Waals surface area contributed by atoms with Crippen LogP contribution in [0.5, 0.6) is 0 Å². The third kappa shape index (κ3) is 4.70. The first-order valence-electron chi connectivity index (χ1n) is 9.28. The zero-order chi connectivity index (χ0) is 19.6. The fraction of sp³-hybridized carbons (Fsp3) is 0.500. The highest BCUT2D eigenvalue weighted by Gasteiger charge is 2.34. The predicted molar refractivity (Wildman–Crippen MR) is 99.4 cm³/mol. The molecular formula is C20H24F3N3O. The summed E-state index contributed by atoms with van der Waals surface area (Å²) in [5.74, 6) is -0.0776. The summed E-state index contributed by atoms with van der Waals surface area (Å²) in [6.45, 7) is 3.69. The average Bonchev–Trinajstić information content (AvgIpc) is 2.61. The number of aromatic nitrogens is 1. The van der Waals surface area contributed by atoms with Crippen LogP contribution in [-0.4, -0.2) is 23.0 Å². The second-order valence-electron chi connectivity index (χ2n) is 7.44. The van der Waals surface area contributed by atoms with E-state index in [0.717, 1.165) is 25.3 Å². The predicted octanol–water partition coefficient (Wildman–Crippen LogP) is 4.75. The summed E-state index contributed by atoms with van der Waals surface area (Å²) >= 11 is 0. The lowest BCUT2D eigenvalue weighted by Crippen LogP contribution is -2.43. The van der Waals surface area contributed by atoms with Gasteiger partial charge in [-0.3, -0.25) is 4.79 Å². The topological polar surface area (TPSA) is 54.0 Å². The zero-order valence-corrected chi connectivity index (χ0v) is 15.4. The third-order valence-electron chi connectivity index (χ3n) is 4.91. The lowest BCUT2D eigenvalue weighted by Gasteiger charge is -2.32. The Morgan fingerprint density at radius 2 is 1.89 bits per heavy atom. The molecule has 7 heteroatoms. The minimum absolute atomic E-state index is 0.00287. The van der Waals surface area contributed by atoms with Crippen molar-refractivity contribution in [2.45, 2.75) is 57.8 Å². The largest absolute Gasteiger partial charge is 0.433 e. The summed E-state index contributed by atoms with van der Waals surface area (Å²) in [7, 11) is 0. The molecule has 2 aromatic rings. The number of rotatable bonds is 4. The molecule has 1 aliphatic rings. The zero-order valence-electron chi connectivity index (χ0n) is 15.4. The number of anilines is 1. The quantitative estimate of drug-likeness (QED) is 0.806. The molecule has 1 aromatic heterocycles. The normalized spacial score (nSPS) is 20.7. The second-order valence-corrected chi connectivity index (χ2v) is 7.44. The number of halogens is 3. The van der Waals surface area contributed by atoms with Crippen LogP contribution in [0.2, 0.25) is 0 Å². The van der Waals surface area contributed by atoms with Crippen LogP contribution in [0, 0.1) is 5.92 Å². The van der Waals surface area contributed by atoms with Gasteiger partial charge in [0, 0.05) is 29.1 Å². The molecule has 0 aliphatic heterocycles. The Hall–Kier alpha value is -2.31. The van der Waals surface area contributed by atoms with Crippen molar-refractivity contribution in [3.8, 4) is 0 Å². The summed E-state index contributed by atoms with van der Waals surface area (Å²) in [6.07, 6.45) is -1.15. The summed E-state index contributed by atoms with van der Waals surface area (Å²) in [4.78, 5) is 15.7. The third-order valence-corrected chi connectivity index (χ3v) is 4.91. The molecule has 1 unspecified atom stereocenters. The average molecular weight is 379 g/mol. The van der Waals surface area contributed by atoms with Crippen LogP contribution in [0.15, 0.2) is 30.3 Å². The highest BCUT2D eigenvalue weighted by Crippen LogP contribution is 2.34. The van der Waals surface area contributed by atoms with E-state index in [1.807, 2.05) is 13.8 Å². The molecule has 0 spiro atoms. The Balaban J connectivity index is 1.82. The number of carbonyl (C=O) groups excluding carboxylic acids is 1. The van der Waals surface area contributed by atoms with Crippen LogP contribution in [0.3, 0.4) is 0 Å². The van der Waals surface area contributed by atoms with Crippen molar-refractivity contribution < 1.29 is 18.0 Å². The number of benzene rings is 1. The van der Waals surface area contributed by atoms with Gasteiger partial charge in [-0.2, -0.15) is 13.2 Å². The van der Waals surface area contributed by atoms with Gasteiger partial charge in [0.25, 0.3) is 0 Å². The van der Waals surface area contributed by atoms with E-state index in [2.05, 4.69) is 15.6 Å². The lowest BCUT2D eigenvalue weighted by atomic mass is 9.90. The van der Waals surface area contributed by atoms with Gasteiger partial charge in [-0.05, 0) is 37.8 Å². The van der Waals surface area contributed by atoms with Crippen LogP contribution < -0.4 is 10.6 Å². The Morgan fingerprint density at radius 1 is 1.19 bits per heavy atom. The minimum Gasteiger partial charge on any atom is -0.382 e. The summed E-state index contributed by atoms with van der Waals surface area (Å²) in [6, 6.07) is 7.95. The van der Waals surface area contributed by atoms with E-state index in [1.165, 1.54) is 0 Å². The van der Waals surface area contributed by atoms with Crippen molar-refractivity contribution >= 4 is 22.5 Å². The first-order chi connectivity index (χ1) is 12.7. The molecule has 1 heterocycles. The first-order valence-corrected chi connectivity index (χ1v) is 9.28. The molecule has 0 radical (unpaired) electrons. The molecule has 1 aliphatic carbocycles. The number of hydrogen-bond donors (Lipinski definition) is 2. The second kappa shape index (κ2) is 7.74. The van der Waals surface area contributed by atoms with Crippen molar-refractivity contribution in [2.75, 3.05) is 5.32 Å². The van der Waals surface area contributed by atoms with E-state index in [-0.39, 0.29) is 23.9 Å². The van der Waals surface area contributed by atoms with E-state index < -0.39 is 11.9 Å². The van der Waals surface area contributed by atoms with Gasteiger partial charge in [0.2, 0.25) is 5.91 Å². The maximum atomic E-state index is 13.2. The van der Waals surface area contributed by atoms with Gasteiger partial charge in [0.05, 0.1) is 5.52 Å². The van der Waals surface area contributed by atoms with E-state index in [9.17, 15) is 18.0 Å². The minimum atomic E-state index is -4.50. The SMILES string of the molecule is CC(C)C(=O)N[C@@H]1CCCC(Nc2cc(C(F)(F)F)nc3ccccc23)C1. The number of nitrogens with zero attached hydrogens (tertiary/aromatic N) is 1. The van der Waals surface area contributed by atoms with Gasteiger partial charge in [-0.15, -0.1) is 0 Å². The molecule has 1 aromatic carbocycles. The van der Waals surface area contributed by atoms with Crippen molar-refractivity contribution in [3.05, 3.63) is 36.0 Å². The van der Waals surface area contributed by atoms with Gasteiger partial charge in [-0.25, -0.2) is 4.98 Å². The Labute approximate surface area is 156 Å². The standard InChI is InChI=1S/C20H24F3N3O/c1-12(2)19(27)25-14-7-5-6-13(10-14)24-17-11-18(20(21,22)23)26-16-9-4-3-8-15(16)17/h3-4,8-9,11-14H,5-7,10H2,1-2H3,(H,24,26)(H,25,27)/t13?,14-/m1/s1. The molecule has 27 heavy (non-hydrogen) atoms. The molecule has 3 rings (SSSR count). The number of pyridine rings is 1. The van der Waals surface area contributed by atoms with Crippen LogP contribution in [0.4, 0.5) is 18.9 Å². The fourth-order valence-corrected chi connectivity index (χ4v) is 3.48. The molecule has 0 bridgehead atoms. The van der Waals surface area contributed by atoms with E-state index >= 15 is 0 Å². The van der Waals surface area contributed by atoms with Gasteiger partial charge >= 0.3 is 6.18 Å². The smallest absolute Gasteiger partial charge is 0.382 e. The van der Waals surface area contributed by atoms with Crippen molar-refractivity contribution in [3.63, 3.8) is 0 Å². The number of hydrogen-bond acceptors (Lipinski definition) is 3. The van der Waals surface area contributed by atoms with Crippen molar-refractivity contribution in [1.82, 2.24) is 10.3 Å². The summed E-state index contributed by atoms with van der Waals surface area (Å²) in [5.41, 5.74) is -0.145. The van der Waals surface area contributed by atoms with Crippen LogP contribution in [0.25, 0.3) is 10.9 Å². The Bertz CT molecular complexity index is 820. The van der Waals surface area contributed by atoms with Gasteiger partial charge < -0.3 is 10.6 Å². The highest BCUT2D eigenvalue weighted by atomic mass is 19.4. The number of alkyl halides is 3. The highest BCUT2D eigenvalue weighted by molar-refractivity contribution is 5.91. The van der Waals surface area contributed by atoms with E-state index in [1.54, 1.807) is 24.3 Å². The van der Waals surface area contributed by atoms with Crippen LogP contribution in [-0.2, 0) is 11.0 Å². The molecule has 0 saturated heterocycles. The first kappa shape index (κ1) is 19.5. The van der Waals surface area contributed by atoms with Crippen molar-refractivity contribution in [1.29, 1.82) is 0 Å². The molecule has 1 saturated carbocycles. The summed E-state index contributed by atoms with van der Waals surface area (Å²) < 4.78 is 39.7. The number of amides is 1. The molecule has 2 atom stereocenters. The van der Waals surface area contributed by atoms with Crippen LogP contribution >= 0.6 is 0 Å². The Morgan fingerprint density at radius 3 is 2.59 bits per heavy atom. The van der Waals surface area contributed by atoms with Gasteiger partial charge in [-0.1, -0.05) is 32.0 Å². The molecule has 1 amide bonds. The monoisotopic (exact) mass is 379 g/mol. The molecular weight excluding hydrogens is 355 g/mol. The molecule has 4 nitrogen and oxygen atoms in total. The van der Waals surface area contributed by atoms with Crippen molar-refractivity contribution in [2.24, 2.45) is 5.92 Å². The number of fused-ring (bicyclic) bond motifs is 1. The maximum Gasteiger partial charge on any atom is 0.433 e. The Kier molecular flexibility index (Phi) is 5.58. The fourth-order valence-electron chi connectivity index (χ4n) is 3.48. The number of carbonyl (C=O) groups is 1. The van der Waals surface area contributed by atoms with Crippen LogP contribution in [0.1, 0.15) is 45.2 Å². The molecule has 146 valence electrons. The summed E-state index contributed by atoms with van der Waals surface area (Å²) in [5, 5.41) is 6.98. The lowest BCUT2D eigenvalue weighted by molar-refractivity contribution is -0.140. The number of nitrogens with one attached hydrogen (secondary N) is 2. The molecule has 2 N–H and O–H groups in total. The van der Waals surface area contributed by atoms with Gasteiger partial charge in [0.15, 0.2) is 0 Å². The van der Waals surface area contributed by atoms with Gasteiger partial charge in [0.1, 0.15) is 5.69 Å². The maximum absolute atomic E-state index is 13.2. The molecule has 1 fully saturated rings. The van der Waals surface area contributed by atoms with E-state index in [4.69, 9.17) is 0 Å². The van der Waals surface area contributed by atoms with E-state index in [0.29, 0.717) is 23.0 Å². The number of para-hydroxylation sites is 1.